The lowest BCUT2D eigenvalue weighted by Crippen LogP contribution is -2.16. The zero-order chi connectivity index (χ0) is 43.5. The maximum atomic E-state index is 5.52. The van der Waals surface area contributed by atoms with Crippen molar-refractivity contribution < 1.29 is 0 Å². The standard InChI is InChI=1S/C62H45N3/c1-62(2)56-26-16-15-25-53(56)54-38-37-52(41-57(54)62)64(50-34-31-45(32-35-50)44-29-27-43(28-30-44)42-17-7-3-8-18-42)51-36-33-49-39-58(46-19-9-4-10-20-46)65-61(55(49)40-51)59(47-21-11-5-12-22-47)60(63-65)48-23-13-6-14-24-48/h3-41H,1-2H3. The van der Waals surface area contributed by atoms with Crippen LogP contribution >= 0.6 is 0 Å². The third kappa shape index (κ3) is 6.55. The quantitative estimate of drug-likeness (QED) is 0.152. The van der Waals surface area contributed by atoms with Crippen LogP contribution in [-0.2, 0) is 5.41 Å². The predicted molar refractivity (Wildman–Crippen MR) is 272 cm³/mol. The predicted octanol–water partition coefficient (Wildman–Crippen LogP) is 16.6. The van der Waals surface area contributed by atoms with Crippen LogP contribution in [0, 0.1) is 0 Å². The fraction of sp³-hybridized carbons (Fsp3) is 0.0484. The molecular formula is C62H45N3. The van der Waals surface area contributed by atoms with E-state index >= 15 is 0 Å². The second-order valence-corrected chi connectivity index (χ2v) is 17.6. The lowest BCUT2D eigenvalue weighted by atomic mass is 9.82. The first-order valence-electron chi connectivity index (χ1n) is 22.5. The number of nitrogens with zero attached hydrogens (tertiary/aromatic N) is 3. The zero-order valence-corrected chi connectivity index (χ0v) is 36.4. The smallest absolute Gasteiger partial charge is 0.101 e. The number of anilines is 3. The van der Waals surface area contributed by atoms with E-state index in [1.165, 1.54) is 44.5 Å². The van der Waals surface area contributed by atoms with E-state index in [9.17, 15) is 0 Å². The van der Waals surface area contributed by atoms with Crippen molar-refractivity contribution in [3.8, 4) is 67.0 Å². The van der Waals surface area contributed by atoms with Gasteiger partial charge in [-0.05, 0) is 97.9 Å². The molecule has 65 heavy (non-hydrogen) atoms. The van der Waals surface area contributed by atoms with Gasteiger partial charge in [-0.25, -0.2) is 4.52 Å². The van der Waals surface area contributed by atoms with Gasteiger partial charge in [0.25, 0.3) is 0 Å². The minimum Gasteiger partial charge on any atom is -0.310 e. The molecule has 2 heterocycles. The molecule has 11 aromatic rings. The molecule has 12 rings (SSSR count). The number of hydrogen-bond donors (Lipinski definition) is 0. The average molecular weight is 832 g/mol. The van der Waals surface area contributed by atoms with Gasteiger partial charge < -0.3 is 4.90 Å². The third-order valence-electron chi connectivity index (χ3n) is 13.4. The van der Waals surface area contributed by atoms with E-state index in [-0.39, 0.29) is 5.41 Å². The lowest BCUT2D eigenvalue weighted by Gasteiger charge is -2.28. The Morgan fingerprint density at radius 1 is 0.385 bits per heavy atom. The first-order chi connectivity index (χ1) is 32.0. The van der Waals surface area contributed by atoms with Crippen LogP contribution in [0.1, 0.15) is 25.0 Å². The first kappa shape index (κ1) is 38.4. The van der Waals surface area contributed by atoms with Gasteiger partial charge in [0.15, 0.2) is 0 Å². The van der Waals surface area contributed by atoms with Gasteiger partial charge in [0.1, 0.15) is 5.69 Å². The highest BCUT2D eigenvalue weighted by atomic mass is 15.2. The Kier molecular flexibility index (Phi) is 9.17. The van der Waals surface area contributed by atoms with Crippen molar-refractivity contribution in [2.24, 2.45) is 0 Å². The zero-order valence-electron chi connectivity index (χ0n) is 36.4. The van der Waals surface area contributed by atoms with Gasteiger partial charge in [-0.2, -0.15) is 5.10 Å². The van der Waals surface area contributed by atoms with Gasteiger partial charge in [-0.3, -0.25) is 0 Å². The fourth-order valence-electron chi connectivity index (χ4n) is 10.1. The van der Waals surface area contributed by atoms with Crippen molar-refractivity contribution in [3.05, 3.63) is 248 Å². The van der Waals surface area contributed by atoms with Crippen molar-refractivity contribution in [1.29, 1.82) is 0 Å². The molecule has 0 atom stereocenters. The van der Waals surface area contributed by atoms with Crippen LogP contribution in [0.25, 0.3) is 83.3 Å². The minimum atomic E-state index is -0.150. The highest BCUT2D eigenvalue weighted by Gasteiger charge is 2.36. The summed E-state index contributed by atoms with van der Waals surface area (Å²) in [6.45, 7) is 4.71. The normalized spacial score (nSPS) is 12.6. The van der Waals surface area contributed by atoms with Crippen molar-refractivity contribution in [2.75, 3.05) is 4.90 Å². The molecule has 0 saturated carbocycles. The van der Waals surface area contributed by atoms with Gasteiger partial charge in [-0.1, -0.05) is 208 Å². The molecular weight excluding hydrogens is 787 g/mol. The van der Waals surface area contributed by atoms with E-state index in [1.54, 1.807) is 0 Å². The SMILES string of the molecule is CC1(C)c2ccccc2-c2ccc(N(c3ccc(-c4ccc(-c5ccccc5)cc4)cc3)c3ccc4cc(-c5ccccc5)n5nc(-c6ccccc6)c(-c6ccccc6)c5c4c3)cc21. The molecule has 0 radical (unpaired) electrons. The van der Waals surface area contributed by atoms with Crippen LogP contribution in [0.4, 0.5) is 17.1 Å². The summed E-state index contributed by atoms with van der Waals surface area (Å²) in [7, 11) is 0. The van der Waals surface area contributed by atoms with Crippen molar-refractivity contribution in [2.45, 2.75) is 19.3 Å². The second kappa shape index (κ2) is 15.5. The number of aromatic nitrogens is 2. The van der Waals surface area contributed by atoms with E-state index in [4.69, 9.17) is 5.10 Å². The van der Waals surface area contributed by atoms with Crippen LogP contribution in [0.15, 0.2) is 237 Å². The molecule has 0 fully saturated rings. The van der Waals surface area contributed by atoms with Crippen LogP contribution in [0.2, 0.25) is 0 Å². The number of rotatable bonds is 8. The van der Waals surface area contributed by atoms with Crippen molar-refractivity contribution in [1.82, 2.24) is 9.61 Å². The maximum absolute atomic E-state index is 5.52. The molecule has 3 nitrogen and oxygen atoms in total. The molecule has 1 aliphatic carbocycles. The Labute approximate surface area is 380 Å². The number of fused-ring (bicyclic) bond motifs is 6. The molecule has 0 spiro atoms. The van der Waals surface area contributed by atoms with E-state index in [1.807, 2.05) is 0 Å². The Balaban J connectivity index is 1.07. The first-order valence-corrected chi connectivity index (χ1v) is 22.5. The van der Waals surface area contributed by atoms with Gasteiger partial charge in [0.2, 0.25) is 0 Å². The minimum absolute atomic E-state index is 0.150. The summed E-state index contributed by atoms with van der Waals surface area (Å²) in [5.74, 6) is 0. The third-order valence-corrected chi connectivity index (χ3v) is 13.4. The number of benzene rings is 9. The van der Waals surface area contributed by atoms with E-state index in [0.29, 0.717) is 0 Å². The van der Waals surface area contributed by atoms with Gasteiger partial charge in [-0.15, -0.1) is 0 Å². The second-order valence-electron chi connectivity index (χ2n) is 17.6. The summed E-state index contributed by atoms with van der Waals surface area (Å²) >= 11 is 0. The Morgan fingerprint density at radius 2 is 0.862 bits per heavy atom. The Morgan fingerprint density at radius 3 is 1.51 bits per heavy atom. The van der Waals surface area contributed by atoms with Crippen molar-refractivity contribution >= 4 is 33.4 Å². The highest BCUT2D eigenvalue weighted by Crippen LogP contribution is 2.51. The average Bonchev–Trinajstić information content (AvgIpc) is 3.88. The topological polar surface area (TPSA) is 20.5 Å². The number of pyridine rings is 1. The Hall–Kier alpha value is -8.27. The highest BCUT2D eigenvalue weighted by molar-refractivity contribution is 6.10. The summed E-state index contributed by atoms with van der Waals surface area (Å²) in [4.78, 5) is 2.43. The molecule has 1 aliphatic rings. The van der Waals surface area contributed by atoms with Crippen LogP contribution < -0.4 is 4.90 Å². The van der Waals surface area contributed by atoms with E-state index in [2.05, 4.69) is 260 Å². The molecule has 0 unspecified atom stereocenters. The molecule has 0 bridgehead atoms. The Bertz CT molecular complexity index is 3520. The maximum Gasteiger partial charge on any atom is 0.101 e. The van der Waals surface area contributed by atoms with Gasteiger partial charge >= 0.3 is 0 Å². The van der Waals surface area contributed by atoms with Crippen LogP contribution in [0.3, 0.4) is 0 Å². The molecule has 0 amide bonds. The largest absolute Gasteiger partial charge is 0.310 e. The number of hydrogen-bond acceptors (Lipinski definition) is 2. The van der Waals surface area contributed by atoms with Crippen LogP contribution in [-0.4, -0.2) is 9.61 Å². The molecule has 9 aromatic carbocycles. The molecule has 3 heteroatoms. The van der Waals surface area contributed by atoms with Gasteiger partial charge in [0.05, 0.1) is 11.2 Å². The van der Waals surface area contributed by atoms with E-state index in [0.717, 1.165) is 67.0 Å². The lowest BCUT2D eigenvalue weighted by molar-refractivity contribution is 0.660. The summed E-state index contributed by atoms with van der Waals surface area (Å²) in [6.07, 6.45) is 0. The molecule has 308 valence electrons. The van der Waals surface area contributed by atoms with Crippen LogP contribution in [0.5, 0.6) is 0 Å². The summed E-state index contributed by atoms with van der Waals surface area (Å²) in [5.41, 5.74) is 20.7. The van der Waals surface area contributed by atoms with E-state index < -0.39 is 0 Å². The molecule has 0 saturated heterocycles. The summed E-state index contributed by atoms with van der Waals surface area (Å²) in [6, 6.07) is 85.7. The summed E-state index contributed by atoms with van der Waals surface area (Å²) in [5, 5.41) is 7.79. The molecule has 0 N–H and O–H groups in total. The molecule has 0 aliphatic heterocycles. The monoisotopic (exact) mass is 831 g/mol. The molecule has 2 aromatic heterocycles. The van der Waals surface area contributed by atoms with Gasteiger partial charge in [0, 0.05) is 44.6 Å². The fourth-order valence-corrected chi connectivity index (χ4v) is 10.1. The van der Waals surface area contributed by atoms with Crippen molar-refractivity contribution in [3.63, 3.8) is 0 Å². The summed E-state index contributed by atoms with van der Waals surface area (Å²) < 4.78 is 2.18.